The first kappa shape index (κ1) is 13.9. The molecule has 0 unspecified atom stereocenters. The molecule has 4 nitrogen and oxygen atoms in total. The Bertz CT molecular complexity index is 482. The van der Waals surface area contributed by atoms with E-state index in [0.717, 1.165) is 25.2 Å². The minimum Gasteiger partial charge on any atom is -0.399 e. The van der Waals surface area contributed by atoms with Crippen LogP contribution in [0.3, 0.4) is 0 Å². The molecule has 2 rings (SSSR count). The van der Waals surface area contributed by atoms with Crippen LogP contribution in [0.5, 0.6) is 0 Å². The summed E-state index contributed by atoms with van der Waals surface area (Å²) in [5.74, 6) is 0.0904. The number of nitrogens with zero attached hydrogens (tertiary/aromatic N) is 1. The van der Waals surface area contributed by atoms with Gasteiger partial charge in [0.25, 0.3) is 0 Å². The van der Waals surface area contributed by atoms with E-state index in [-0.39, 0.29) is 11.4 Å². The lowest BCUT2D eigenvalue weighted by Crippen LogP contribution is -2.46. The first-order chi connectivity index (χ1) is 8.89. The topological polar surface area (TPSA) is 58.4 Å². The van der Waals surface area contributed by atoms with E-state index in [1.165, 1.54) is 11.1 Å². The molecule has 1 aromatic rings. The van der Waals surface area contributed by atoms with Gasteiger partial charge in [0.05, 0.1) is 6.54 Å². The molecule has 0 radical (unpaired) electrons. The average Bonchev–Trinajstić information content (AvgIpc) is 2.69. The minimum atomic E-state index is -0.131. The van der Waals surface area contributed by atoms with Gasteiger partial charge in [-0.05, 0) is 43.5 Å². The van der Waals surface area contributed by atoms with Gasteiger partial charge in [0.15, 0.2) is 0 Å². The van der Waals surface area contributed by atoms with Crippen LogP contribution < -0.4 is 11.1 Å². The molecule has 1 aromatic carbocycles. The number of nitrogens with two attached hydrogens (primary N) is 1. The summed E-state index contributed by atoms with van der Waals surface area (Å²) in [5, 5.41) is 3.07. The average molecular weight is 261 g/mol. The summed E-state index contributed by atoms with van der Waals surface area (Å²) in [7, 11) is 0. The van der Waals surface area contributed by atoms with Crippen LogP contribution in [0.4, 0.5) is 5.69 Å². The first-order valence-corrected chi connectivity index (χ1v) is 6.80. The smallest absolute Gasteiger partial charge is 0.234 e. The number of carbonyl (C=O) groups is 1. The summed E-state index contributed by atoms with van der Waals surface area (Å²) in [4.78, 5) is 14.2. The third kappa shape index (κ3) is 3.47. The molecule has 0 saturated heterocycles. The molecule has 0 atom stereocenters. The van der Waals surface area contributed by atoms with Gasteiger partial charge >= 0.3 is 0 Å². The molecule has 0 aromatic heterocycles. The van der Waals surface area contributed by atoms with Crippen molar-refractivity contribution in [1.29, 1.82) is 0 Å². The van der Waals surface area contributed by atoms with Crippen molar-refractivity contribution in [2.45, 2.75) is 45.8 Å². The normalized spacial score (nSPS) is 15.3. The van der Waals surface area contributed by atoms with Crippen molar-refractivity contribution in [2.75, 3.05) is 12.3 Å². The van der Waals surface area contributed by atoms with Crippen LogP contribution in [-0.2, 0) is 17.9 Å². The van der Waals surface area contributed by atoms with Crippen LogP contribution in [0, 0.1) is 0 Å². The quantitative estimate of drug-likeness (QED) is 0.814. The Kier molecular flexibility index (Phi) is 3.80. The summed E-state index contributed by atoms with van der Waals surface area (Å²) in [6.07, 6.45) is 0.926. The first-order valence-electron chi connectivity index (χ1n) is 6.80. The highest BCUT2D eigenvalue weighted by Gasteiger charge is 2.23. The van der Waals surface area contributed by atoms with Crippen molar-refractivity contribution >= 4 is 11.6 Å². The number of hydrogen-bond acceptors (Lipinski definition) is 3. The van der Waals surface area contributed by atoms with Gasteiger partial charge in [-0.2, -0.15) is 0 Å². The fourth-order valence-electron chi connectivity index (χ4n) is 2.31. The van der Waals surface area contributed by atoms with E-state index >= 15 is 0 Å². The van der Waals surface area contributed by atoms with Gasteiger partial charge in [-0.1, -0.05) is 13.0 Å². The maximum Gasteiger partial charge on any atom is 0.234 e. The molecule has 0 aliphatic carbocycles. The van der Waals surface area contributed by atoms with Gasteiger partial charge < -0.3 is 11.1 Å². The molecule has 0 fully saturated rings. The summed E-state index contributed by atoms with van der Waals surface area (Å²) in [5.41, 5.74) is 8.95. The largest absolute Gasteiger partial charge is 0.399 e. The van der Waals surface area contributed by atoms with Gasteiger partial charge in [0.2, 0.25) is 5.91 Å². The molecule has 0 bridgehead atoms. The third-order valence-corrected chi connectivity index (χ3v) is 3.75. The molecule has 1 aliphatic rings. The second-order valence-corrected chi connectivity index (χ2v) is 5.96. The predicted octanol–water partition coefficient (Wildman–Crippen LogP) is 1.89. The van der Waals surface area contributed by atoms with Gasteiger partial charge in [0, 0.05) is 24.3 Å². The van der Waals surface area contributed by atoms with Crippen LogP contribution in [0.1, 0.15) is 38.3 Å². The summed E-state index contributed by atoms with van der Waals surface area (Å²) in [6.45, 7) is 8.25. The maximum atomic E-state index is 12.0. The fourth-order valence-corrected chi connectivity index (χ4v) is 2.31. The molecule has 1 amide bonds. The monoisotopic (exact) mass is 261 g/mol. The number of hydrogen-bond donors (Lipinski definition) is 2. The van der Waals surface area contributed by atoms with E-state index in [2.05, 4.69) is 23.2 Å². The predicted molar refractivity (Wildman–Crippen MR) is 77.5 cm³/mol. The number of rotatable bonds is 4. The number of benzene rings is 1. The van der Waals surface area contributed by atoms with Gasteiger partial charge in [-0.3, -0.25) is 9.69 Å². The number of amides is 1. The van der Waals surface area contributed by atoms with Crippen LogP contribution in [0.15, 0.2) is 18.2 Å². The number of fused-ring (bicyclic) bond motifs is 1. The number of nitrogens with one attached hydrogen (secondary N) is 1. The zero-order valence-corrected chi connectivity index (χ0v) is 12.0. The molecule has 104 valence electrons. The number of anilines is 1. The Balaban J connectivity index is 1.92. The molecular weight excluding hydrogens is 238 g/mol. The zero-order chi connectivity index (χ0) is 14.0. The van der Waals surface area contributed by atoms with Crippen molar-refractivity contribution in [3.05, 3.63) is 29.3 Å². The Morgan fingerprint density at radius 3 is 2.74 bits per heavy atom. The van der Waals surface area contributed by atoms with Gasteiger partial charge in [-0.15, -0.1) is 0 Å². The summed E-state index contributed by atoms with van der Waals surface area (Å²) < 4.78 is 0. The Morgan fingerprint density at radius 1 is 1.37 bits per heavy atom. The van der Waals surface area contributed by atoms with Gasteiger partial charge in [-0.25, -0.2) is 0 Å². The van der Waals surface area contributed by atoms with E-state index in [9.17, 15) is 4.79 Å². The van der Waals surface area contributed by atoms with Crippen LogP contribution in [0.2, 0.25) is 0 Å². The second kappa shape index (κ2) is 5.21. The van der Waals surface area contributed by atoms with Crippen molar-refractivity contribution in [3.8, 4) is 0 Å². The highest BCUT2D eigenvalue weighted by atomic mass is 16.2. The second-order valence-electron chi connectivity index (χ2n) is 5.96. The Hall–Kier alpha value is -1.55. The highest BCUT2D eigenvalue weighted by molar-refractivity contribution is 5.78. The summed E-state index contributed by atoms with van der Waals surface area (Å²) in [6, 6.07) is 5.98. The molecule has 1 aliphatic heterocycles. The minimum absolute atomic E-state index is 0.0904. The van der Waals surface area contributed by atoms with Crippen molar-refractivity contribution in [1.82, 2.24) is 10.2 Å². The highest BCUT2D eigenvalue weighted by Crippen LogP contribution is 2.24. The molecule has 3 N–H and O–H groups in total. The lowest BCUT2D eigenvalue weighted by molar-refractivity contribution is -0.124. The Labute approximate surface area is 115 Å². The van der Waals surface area contributed by atoms with E-state index in [1.54, 1.807) is 0 Å². The van der Waals surface area contributed by atoms with E-state index in [4.69, 9.17) is 5.73 Å². The van der Waals surface area contributed by atoms with E-state index in [0.29, 0.717) is 6.54 Å². The Morgan fingerprint density at radius 2 is 2.05 bits per heavy atom. The molecule has 1 heterocycles. The van der Waals surface area contributed by atoms with E-state index in [1.807, 2.05) is 26.0 Å². The van der Waals surface area contributed by atoms with Gasteiger partial charge in [0.1, 0.15) is 0 Å². The molecule has 19 heavy (non-hydrogen) atoms. The lowest BCUT2D eigenvalue weighted by Gasteiger charge is -2.26. The summed E-state index contributed by atoms with van der Waals surface area (Å²) >= 11 is 0. The molecule has 4 heteroatoms. The van der Waals surface area contributed by atoms with Crippen molar-refractivity contribution in [3.63, 3.8) is 0 Å². The van der Waals surface area contributed by atoms with Crippen molar-refractivity contribution < 1.29 is 4.79 Å². The molecular formula is C15H23N3O. The zero-order valence-electron chi connectivity index (χ0n) is 12.0. The van der Waals surface area contributed by atoms with Crippen LogP contribution in [0.25, 0.3) is 0 Å². The number of nitrogen functional groups attached to an aromatic ring is 1. The van der Waals surface area contributed by atoms with Crippen LogP contribution in [-0.4, -0.2) is 22.9 Å². The molecule has 0 spiro atoms. The van der Waals surface area contributed by atoms with Crippen molar-refractivity contribution in [2.24, 2.45) is 0 Å². The molecule has 0 saturated carbocycles. The fraction of sp³-hybridized carbons (Fsp3) is 0.533. The maximum absolute atomic E-state index is 12.0. The van der Waals surface area contributed by atoms with E-state index < -0.39 is 0 Å². The standard InChI is InChI=1S/C15H23N3O/c1-4-15(2,3)17-14(19)10-18-8-11-5-6-13(16)7-12(11)9-18/h5-7H,4,8-10,16H2,1-3H3,(H,17,19). The van der Waals surface area contributed by atoms with Crippen LogP contribution >= 0.6 is 0 Å². The third-order valence-electron chi connectivity index (χ3n) is 3.75. The lowest BCUT2D eigenvalue weighted by atomic mass is 10.0. The SMILES string of the molecule is CCC(C)(C)NC(=O)CN1Cc2ccc(N)cc2C1. The number of carbonyl (C=O) groups excluding carboxylic acids is 1.